The molecular formula is C12H16BrN3O8. The summed E-state index contributed by atoms with van der Waals surface area (Å²) in [7, 11) is 0. The van der Waals surface area contributed by atoms with Crippen molar-refractivity contribution >= 4 is 39.6 Å². The number of rotatable bonds is 10. The molecule has 134 valence electrons. The van der Waals surface area contributed by atoms with Gasteiger partial charge in [-0.15, -0.1) is 0 Å². The lowest BCUT2D eigenvalue weighted by Crippen LogP contribution is -2.70. The molecule has 0 saturated carbocycles. The van der Waals surface area contributed by atoms with E-state index in [0.29, 0.717) is 6.92 Å². The number of aliphatic hydroxyl groups is 4. The summed E-state index contributed by atoms with van der Waals surface area (Å²) in [6.45, 7) is 1.51. The molecule has 0 bridgehead atoms. The van der Waals surface area contributed by atoms with Gasteiger partial charge in [-0.05, 0) is 19.4 Å². The van der Waals surface area contributed by atoms with Crippen molar-refractivity contribution in [3.8, 4) is 0 Å². The van der Waals surface area contributed by atoms with Gasteiger partial charge in [0, 0.05) is 4.91 Å². The molecular weight excluding hydrogens is 394 g/mol. The quantitative estimate of drug-likeness (QED) is 0.0806. The molecule has 0 aliphatic rings. The molecule has 0 aromatic carbocycles. The minimum atomic E-state index is -3.30. The molecule has 0 aliphatic heterocycles. The average molecular weight is 410 g/mol. The lowest BCUT2D eigenvalue weighted by Gasteiger charge is -2.41. The summed E-state index contributed by atoms with van der Waals surface area (Å²) in [4.78, 5) is 48.4. The molecule has 0 aromatic rings. The minimum absolute atomic E-state index is 0.378. The van der Waals surface area contributed by atoms with Crippen LogP contribution < -0.4 is 0 Å². The standard InChI is InChI=1S/C12H16BrN3O8/c1-5(18)8(21)9(22)12(24,6(2)19)10(15-16-14)11(23,4-17)7(20)3-13/h4,8-10,21-24H,3H2,1-2H3/t8?,9-,10-,11-,12-/m1/s1. The molecule has 1 unspecified atom stereocenters. The van der Waals surface area contributed by atoms with Gasteiger partial charge in [0.05, 0.1) is 5.33 Å². The van der Waals surface area contributed by atoms with Gasteiger partial charge in [0.1, 0.15) is 18.2 Å². The highest BCUT2D eigenvalue weighted by molar-refractivity contribution is 9.09. The van der Waals surface area contributed by atoms with Crippen molar-refractivity contribution in [2.45, 2.75) is 43.3 Å². The molecule has 0 radical (unpaired) electrons. The molecule has 24 heavy (non-hydrogen) atoms. The van der Waals surface area contributed by atoms with Crippen molar-refractivity contribution in [3.63, 3.8) is 0 Å². The molecule has 0 heterocycles. The number of aldehydes is 1. The van der Waals surface area contributed by atoms with E-state index < -0.39 is 52.1 Å². The van der Waals surface area contributed by atoms with Gasteiger partial charge in [-0.25, -0.2) is 0 Å². The SMILES string of the molecule is CC(=O)C(O)[C@@H](O)[C@](O)(C(C)=O)[C@H](N=[N+]=[N-])[C@@](O)(C=O)C(=O)CBr. The second-order valence-electron chi connectivity index (χ2n) is 4.99. The Hall–Kier alpha value is -1.69. The maximum Gasteiger partial charge on any atom is 0.190 e. The zero-order valence-corrected chi connectivity index (χ0v) is 14.2. The van der Waals surface area contributed by atoms with E-state index in [0.717, 1.165) is 6.92 Å². The van der Waals surface area contributed by atoms with Crippen LogP contribution >= 0.6 is 15.9 Å². The van der Waals surface area contributed by atoms with Gasteiger partial charge in [0.25, 0.3) is 0 Å². The smallest absolute Gasteiger partial charge is 0.190 e. The van der Waals surface area contributed by atoms with Crippen LogP contribution in [0.5, 0.6) is 0 Å². The molecule has 12 heteroatoms. The fourth-order valence-electron chi connectivity index (χ4n) is 1.98. The number of hydrogen-bond donors (Lipinski definition) is 4. The number of Topliss-reactive ketones (excluding diaryl/α,β-unsaturated/α-hetero) is 3. The first-order valence-electron chi connectivity index (χ1n) is 6.37. The van der Waals surface area contributed by atoms with E-state index >= 15 is 0 Å². The monoisotopic (exact) mass is 409 g/mol. The number of carbonyl (C=O) groups is 4. The van der Waals surface area contributed by atoms with E-state index in [1.54, 1.807) is 0 Å². The molecule has 5 atom stereocenters. The second-order valence-corrected chi connectivity index (χ2v) is 5.55. The van der Waals surface area contributed by atoms with Gasteiger partial charge in [0.2, 0.25) is 0 Å². The predicted molar refractivity (Wildman–Crippen MR) is 81.1 cm³/mol. The van der Waals surface area contributed by atoms with Crippen molar-refractivity contribution in [2.24, 2.45) is 5.11 Å². The third-order valence-electron chi connectivity index (χ3n) is 3.48. The van der Waals surface area contributed by atoms with Crippen LogP contribution in [-0.4, -0.2) is 78.8 Å². The van der Waals surface area contributed by atoms with Crippen LogP contribution in [0.15, 0.2) is 5.11 Å². The lowest BCUT2D eigenvalue weighted by atomic mass is 9.73. The third-order valence-corrected chi connectivity index (χ3v) is 3.99. The number of halogens is 1. The first-order valence-corrected chi connectivity index (χ1v) is 7.49. The average Bonchev–Trinajstić information content (AvgIpc) is 2.55. The van der Waals surface area contributed by atoms with Crippen LogP contribution in [0.3, 0.4) is 0 Å². The van der Waals surface area contributed by atoms with Gasteiger partial charge >= 0.3 is 0 Å². The molecule has 0 aromatic heterocycles. The molecule has 0 fully saturated rings. The van der Waals surface area contributed by atoms with Gasteiger partial charge in [-0.1, -0.05) is 21.0 Å². The summed E-state index contributed by atoms with van der Waals surface area (Å²) in [6.07, 6.45) is -5.28. The number of hydrogen-bond acceptors (Lipinski definition) is 9. The number of nitrogens with zero attached hydrogens (tertiary/aromatic N) is 3. The van der Waals surface area contributed by atoms with Gasteiger partial charge in [-0.3, -0.25) is 19.2 Å². The van der Waals surface area contributed by atoms with Crippen LogP contribution in [0.1, 0.15) is 13.8 Å². The molecule has 4 N–H and O–H groups in total. The molecule has 0 amide bonds. The highest BCUT2D eigenvalue weighted by Gasteiger charge is 2.60. The van der Waals surface area contributed by atoms with E-state index in [1.807, 2.05) is 0 Å². The van der Waals surface area contributed by atoms with Crippen LogP contribution in [0.2, 0.25) is 0 Å². The fraction of sp³-hybridized carbons (Fsp3) is 0.667. The zero-order chi connectivity index (χ0) is 19.3. The summed E-state index contributed by atoms with van der Waals surface area (Å²) in [5.41, 5.74) is 2.10. The molecule has 0 aliphatic carbocycles. The molecule has 11 nitrogen and oxygen atoms in total. The number of alkyl halides is 1. The summed E-state index contributed by atoms with van der Waals surface area (Å²) in [5.74, 6) is -3.72. The first-order chi connectivity index (χ1) is 10.9. The third kappa shape index (κ3) is 3.86. The first kappa shape index (κ1) is 22.3. The predicted octanol–water partition coefficient (Wildman–Crippen LogP) is -1.81. The van der Waals surface area contributed by atoms with Crippen molar-refractivity contribution in [1.29, 1.82) is 0 Å². The van der Waals surface area contributed by atoms with Crippen molar-refractivity contribution in [2.75, 3.05) is 5.33 Å². The van der Waals surface area contributed by atoms with E-state index in [-0.39, 0.29) is 6.29 Å². The maximum atomic E-state index is 11.9. The summed E-state index contributed by atoms with van der Waals surface area (Å²) in [5, 5.41) is 42.6. The lowest BCUT2D eigenvalue weighted by molar-refractivity contribution is -0.183. The summed E-state index contributed by atoms with van der Waals surface area (Å²) in [6, 6.07) is -2.54. The molecule has 0 saturated heterocycles. The summed E-state index contributed by atoms with van der Waals surface area (Å²) < 4.78 is 0. The van der Waals surface area contributed by atoms with Crippen molar-refractivity contribution in [3.05, 3.63) is 10.4 Å². The largest absolute Gasteiger partial charge is 0.386 e. The Morgan fingerprint density at radius 2 is 1.79 bits per heavy atom. The van der Waals surface area contributed by atoms with Crippen LogP contribution in [0, 0.1) is 0 Å². The Kier molecular flexibility index (Phi) is 7.83. The Balaban J connectivity index is 6.54. The number of azide groups is 1. The van der Waals surface area contributed by atoms with Crippen molar-refractivity contribution in [1.82, 2.24) is 0 Å². The van der Waals surface area contributed by atoms with E-state index in [1.165, 1.54) is 0 Å². The fourth-order valence-corrected chi connectivity index (χ4v) is 2.43. The number of ketones is 3. The van der Waals surface area contributed by atoms with E-state index in [4.69, 9.17) is 5.53 Å². The van der Waals surface area contributed by atoms with Gasteiger partial charge in [0.15, 0.2) is 34.8 Å². The molecule has 0 rings (SSSR count). The number of aliphatic hydroxyl groups excluding tert-OH is 2. The zero-order valence-electron chi connectivity index (χ0n) is 12.7. The maximum absolute atomic E-state index is 11.9. The molecule has 0 spiro atoms. The highest BCUT2D eigenvalue weighted by Crippen LogP contribution is 2.31. The minimum Gasteiger partial charge on any atom is -0.386 e. The Bertz CT molecular complexity index is 593. The normalized spacial score (nSPS) is 19.6. The highest BCUT2D eigenvalue weighted by atomic mass is 79.9. The van der Waals surface area contributed by atoms with Crippen LogP contribution in [0.25, 0.3) is 10.4 Å². The Labute approximate surface area is 144 Å². The van der Waals surface area contributed by atoms with Gasteiger partial charge in [-0.2, -0.15) is 0 Å². The van der Waals surface area contributed by atoms with E-state index in [9.17, 15) is 39.6 Å². The van der Waals surface area contributed by atoms with Gasteiger partial charge < -0.3 is 20.4 Å². The van der Waals surface area contributed by atoms with E-state index in [2.05, 4.69) is 26.0 Å². The van der Waals surface area contributed by atoms with Crippen LogP contribution in [0.4, 0.5) is 0 Å². The van der Waals surface area contributed by atoms with Crippen molar-refractivity contribution < 1.29 is 39.6 Å². The van der Waals surface area contributed by atoms with Crippen LogP contribution in [-0.2, 0) is 19.2 Å². The number of carbonyl (C=O) groups excluding carboxylic acids is 4. The second kappa shape index (κ2) is 8.42. The Morgan fingerprint density at radius 3 is 2.08 bits per heavy atom. The Morgan fingerprint density at radius 1 is 1.29 bits per heavy atom. The topological polar surface area (TPSA) is 198 Å². The summed E-state index contributed by atoms with van der Waals surface area (Å²) >= 11 is 2.67.